The van der Waals surface area contributed by atoms with E-state index in [1.54, 1.807) is 0 Å². The van der Waals surface area contributed by atoms with Gasteiger partial charge in [-0.3, -0.25) is 0 Å². The average molecular weight is 248 g/mol. The number of esters is 1. The summed E-state index contributed by atoms with van der Waals surface area (Å²) >= 11 is 0. The van der Waals surface area contributed by atoms with Crippen LogP contribution >= 0.6 is 0 Å². The minimum absolute atomic E-state index is 0.264. The Morgan fingerprint density at radius 3 is 2.33 bits per heavy atom. The van der Waals surface area contributed by atoms with Crippen molar-refractivity contribution in [3.8, 4) is 0 Å². The first-order chi connectivity index (χ1) is 8.63. The molecule has 18 heavy (non-hydrogen) atoms. The minimum Gasteiger partial charge on any atom is -0.465 e. The fourth-order valence-electron chi connectivity index (χ4n) is 2.74. The van der Waals surface area contributed by atoms with Crippen LogP contribution in [0.15, 0.2) is 24.3 Å². The van der Waals surface area contributed by atoms with E-state index in [0.29, 0.717) is 5.56 Å². The summed E-state index contributed by atoms with van der Waals surface area (Å²) < 4.78 is 5.83. The molecule has 0 bridgehead atoms. The standard InChI is InChI=1S/C15H22NO2/c1-16(10-4-3-5-11-16)12-13-6-8-14(9-7-13)15(17)18-2/h6-9H,3-5,10-12H2,1-2H3/q+1. The smallest absolute Gasteiger partial charge is 0.337 e. The number of rotatable bonds is 3. The molecule has 1 aromatic carbocycles. The van der Waals surface area contributed by atoms with E-state index in [9.17, 15) is 4.79 Å². The number of carbonyl (C=O) groups is 1. The lowest BCUT2D eigenvalue weighted by Crippen LogP contribution is -2.46. The third-order valence-electron chi connectivity index (χ3n) is 3.84. The van der Waals surface area contributed by atoms with Crippen molar-refractivity contribution in [3.63, 3.8) is 0 Å². The SMILES string of the molecule is COC(=O)c1ccc(C[N+]2(C)CCCCC2)cc1. The second-order valence-corrected chi connectivity index (χ2v) is 5.47. The van der Waals surface area contributed by atoms with Gasteiger partial charge < -0.3 is 9.22 Å². The Balaban J connectivity index is 2.03. The number of benzene rings is 1. The third kappa shape index (κ3) is 3.10. The predicted octanol–water partition coefficient (Wildman–Crippen LogP) is 2.60. The zero-order valence-corrected chi connectivity index (χ0v) is 11.3. The summed E-state index contributed by atoms with van der Waals surface area (Å²) in [4.78, 5) is 11.4. The first kappa shape index (κ1) is 13.1. The molecule has 1 aliphatic heterocycles. The van der Waals surface area contributed by atoms with E-state index in [1.165, 1.54) is 45.0 Å². The van der Waals surface area contributed by atoms with Crippen LogP contribution in [0.2, 0.25) is 0 Å². The Morgan fingerprint density at radius 2 is 1.78 bits per heavy atom. The third-order valence-corrected chi connectivity index (χ3v) is 3.84. The second kappa shape index (κ2) is 5.53. The highest BCUT2D eigenvalue weighted by atomic mass is 16.5. The summed E-state index contributed by atoms with van der Waals surface area (Å²) in [6, 6.07) is 7.81. The predicted molar refractivity (Wildman–Crippen MR) is 71.3 cm³/mol. The van der Waals surface area contributed by atoms with Gasteiger partial charge >= 0.3 is 5.97 Å². The van der Waals surface area contributed by atoms with Crippen molar-refractivity contribution in [1.29, 1.82) is 0 Å². The van der Waals surface area contributed by atoms with Gasteiger partial charge in [0, 0.05) is 5.56 Å². The number of piperidine rings is 1. The van der Waals surface area contributed by atoms with Gasteiger partial charge in [0.1, 0.15) is 6.54 Å². The Morgan fingerprint density at radius 1 is 1.17 bits per heavy atom. The van der Waals surface area contributed by atoms with Gasteiger partial charge in [-0.1, -0.05) is 12.1 Å². The van der Waals surface area contributed by atoms with Crippen LogP contribution in [0.4, 0.5) is 0 Å². The van der Waals surface area contributed by atoms with Crippen LogP contribution in [0.3, 0.4) is 0 Å². The molecule has 98 valence electrons. The van der Waals surface area contributed by atoms with Crippen LogP contribution in [0, 0.1) is 0 Å². The van der Waals surface area contributed by atoms with Crippen molar-refractivity contribution >= 4 is 5.97 Å². The van der Waals surface area contributed by atoms with Crippen LogP contribution < -0.4 is 0 Å². The number of likely N-dealkylation sites (tertiary alicyclic amines) is 1. The molecular formula is C15H22NO2+. The van der Waals surface area contributed by atoms with E-state index in [-0.39, 0.29) is 5.97 Å². The van der Waals surface area contributed by atoms with Crippen molar-refractivity contribution in [3.05, 3.63) is 35.4 Å². The quantitative estimate of drug-likeness (QED) is 0.607. The molecule has 1 heterocycles. The molecule has 2 rings (SSSR count). The molecule has 3 heteroatoms. The lowest BCUT2D eigenvalue weighted by molar-refractivity contribution is -0.926. The summed E-state index contributed by atoms with van der Waals surface area (Å²) in [5, 5.41) is 0. The molecule has 1 saturated heterocycles. The second-order valence-electron chi connectivity index (χ2n) is 5.47. The number of carbonyl (C=O) groups excluding carboxylic acids is 1. The van der Waals surface area contributed by atoms with Gasteiger partial charge in [0.2, 0.25) is 0 Å². The van der Waals surface area contributed by atoms with Crippen molar-refractivity contribution in [2.24, 2.45) is 0 Å². The van der Waals surface area contributed by atoms with Crippen molar-refractivity contribution < 1.29 is 14.0 Å². The number of methoxy groups -OCH3 is 1. The van der Waals surface area contributed by atoms with E-state index in [2.05, 4.69) is 7.05 Å². The summed E-state index contributed by atoms with van der Waals surface area (Å²) in [6.07, 6.45) is 4.03. The van der Waals surface area contributed by atoms with Crippen molar-refractivity contribution in [2.45, 2.75) is 25.8 Å². The first-order valence-corrected chi connectivity index (χ1v) is 6.64. The molecular weight excluding hydrogens is 226 g/mol. The Hall–Kier alpha value is -1.35. The van der Waals surface area contributed by atoms with Gasteiger partial charge in [-0.2, -0.15) is 0 Å². The maximum atomic E-state index is 11.4. The molecule has 0 amide bonds. The van der Waals surface area contributed by atoms with Gasteiger partial charge in [-0.15, -0.1) is 0 Å². The highest BCUT2D eigenvalue weighted by Gasteiger charge is 2.24. The summed E-state index contributed by atoms with van der Waals surface area (Å²) in [7, 11) is 3.74. The minimum atomic E-state index is -0.264. The molecule has 1 fully saturated rings. The Bertz CT molecular complexity index is 405. The highest BCUT2D eigenvalue weighted by Crippen LogP contribution is 2.20. The number of quaternary nitrogens is 1. The number of hydrogen-bond donors (Lipinski definition) is 0. The number of ether oxygens (including phenoxy) is 1. The van der Waals surface area contributed by atoms with Crippen LogP contribution in [0.1, 0.15) is 35.2 Å². The average Bonchev–Trinajstić information content (AvgIpc) is 2.39. The molecule has 0 atom stereocenters. The molecule has 1 aromatic rings. The van der Waals surface area contributed by atoms with Gasteiger partial charge in [-0.25, -0.2) is 4.79 Å². The molecule has 0 spiro atoms. The molecule has 0 saturated carbocycles. The zero-order chi connectivity index (χ0) is 13.0. The van der Waals surface area contributed by atoms with E-state index < -0.39 is 0 Å². The van der Waals surface area contributed by atoms with Gasteiger partial charge in [0.25, 0.3) is 0 Å². The normalized spacial score (nSPS) is 18.3. The van der Waals surface area contributed by atoms with E-state index in [1.807, 2.05) is 24.3 Å². The molecule has 0 unspecified atom stereocenters. The Kier molecular flexibility index (Phi) is 4.02. The molecule has 3 nitrogen and oxygen atoms in total. The highest BCUT2D eigenvalue weighted by molar-refractivity contribution is 5.89. The number of hydrogen-bond acceptors (Lipinski definition) is 2. The maximum absolute atomic E-state index is 11.4. The first-order valence-electron chi connectivity index (χ1n) is 6.64. The van der Waals surface area contributed by atoms with Gasteiger partial charge in [0.15, 0.2) is 0 Å². The summed E-state index contributed by atoms with van der Waals surface area (Å²) in [6.45, 7) is 3.58. The van der Waals surface area contributed by atoms with Crippen LogP contribution in [-0.2, 0) is 11.3 Å². The largest absolute Gasteiger partial charge is 0.465 e. The zero-order valence-electron chi connectivity index (χ0n) is 11.3. The Labute approximate surface area is 109 Å². The lowest BCUT2D eigenvalue weighted by atomic mass is 10.1. The lowest BCUT2D eigenvalue weighted by Gasteiger charge is -2.37. The molecule has 0 N–H and O–H groups in total. The molecule has 0 aliphatic carbocycles. The topological polar surface area (TPSA) is 26.3 Å². The van der Waals surface area contributed by atoms with Gasteiger partial charge in [0.05, 0.1) is 32.8 Å². The molecule has 0 aromatic heterocycles. The molecule has 0 radical (unpaired) electrons. The van der Waals surface area contributed by atoms with Crippen LogP contribution in [-0.4, -0.2) is 37.7 Å². The van der Waals surface area contributed by atoms with Crippen molar-refractivity contribution in [1.82, 2.24) is 0 Å². The summed E-state index contributed by atoms with van der Waals surface area (Å²) in [5.74, 6) is -0.264. The monoisotopic (exact) mass is 248 g/mol. The number of nitrogens with zero attached hydrogens (tertiary/aromatic N) is 1. The molecule has 1 aliphatic rings. The van der Waals surface area contributed by atoms with Crippen LogP contribution in [0.25, 0.3) is 0 Å². The van der Waals surface area contributed by atoms with E-state index in [0.717, 1.165) is 11.0 Å². The van der Waals surface area contributed by atoms with E-state index >= 15 is 0 Å². The fourth-order valence-corrected chi connectivity index (χ4v) is 2.74. The van der Waals surface area contributed by atoms with Crippen LogP contribution in [0.5, 0.6) is 0 Å². The van der Waals surface area contributed by atoms with E-state index in [4.69, 9.17) is 4.74 Å². The fraction of sp³-hybridized carbons (Fsp3) is 0.533. The van der Waals surface area contributed by atoms with Gasteiger partial charge in [-0.05, 0) is 31.4 Å². The van der Waals surface area contributed by atoms with Crippen molar-refractivity contribution in [2.75, 3.05) is 27.2 Å². The maximum Gasteiger partial charge on any atom is 0.337 e. The summed E-state index contributed by atoms with van der Waals surface area (Å²) in [5.41, 5.74) is 1.93.